The lowest BCUT2D eigenvalue weighted by Crippen LogP contribution is -2.29. The van der Waals surface area contributed by atoms with Gasteiger partial charge in [-0.2, -0.15) is 0 Å². The molecule has 11 rings (SSSR count). The highest BCUT2D eigenvalue weighted by atomic mass is 15.3. The number of hydrogen-bond acceptors (Lipinski definition) is 2. The molecule has 298 valence electrons. The predicted octanol–water partition coefficient (Wildman–Crippen LogP) is 15.1. The Kier molecular flexibility index (Phi) is 11.3. The number of para-hydroxylation sites is 1. The van der Waals surface area contributed by atoms with Gasteiger partial charge in [0, 0.05) is 22.4 Å². The van der Waals surface area contributed by atoms with E-state index in [0.29, 0.717) is 5.92 Å². The molecule has 8 aromatic carbocycles. The summed E-state index contributed by atoms with van der Waals surface area (Å²) in [7, 11) is 0. The number of aliphatic imine (C=N–C) groups is 1. The molecule has 1 aliphatic heterocycles. The van der Waals surface area contributed by atoms with E-state index in [0.717, 1.165) is 40.0 Å². The van der Waals surface area contributed by atoms with E-state index in [1.807, 2.05) is 27.7 Å². The van der Waals surface area contributed by atoms with Crippen LogP contribution in [0, 0.1) is 0 Å². The molecule has 2 unspecified atom stereocenters. The molecule has 9 aromatic rings. The van der Waals surface area contributed by atoms with Crippen molar-refractivity contribution in [3.8, 4) is 33.4 Å². The summed E-state index contributed by atoms with van der Waals surface area (Å²) in [6.07, 6.45) is 2.86. The second kappa shape index (κ2) is 17.6. The highest BCUT2D eigenvalue weighted by Gasteiger charge is 2.27. The first-order chi connectivity index (χ1) is 30.2. The summed E-state index contributed by atoms with van der Waals surface area (Å²) in [6.45, 7) is 8.00. The van der Waals surface area contributed by atoms with E-state index in [4.69, 9.17) is 4.99 Å². The summed E-state index contributed by atoms with van der Waals surface area (Å²) < 4.78 is 2.35. The molecular weight excluding hydrogens is 739 g/mol. The van der Waals surface area contributed by atoms with E-state index in [1.54, 1.807) is 0 Å². The number of benzene rings is 8. The molecule has 0 fully saturated rings. The van der Waals surface area contributed by atoms with Crippen LogP contribution in [0.2, 0.25) is 0 Å². The third-order valence-electron chi connectivity index (χ3n) is 11.8. The van der Waals surface area contributed by atoms with Crippen LogP contribution in [-0.2, 0) is 6.42 Å². The van der Waals surface area contributed by atoms with Crippen molar-refractivity contribution < 1.29 is 0 Å². The molecule has 2 heterocycles. The molecular formula is C58H51N3. The van der Waals surface area contributed by atoms with Gasteiger partial charge in [-0.05, 0) is 98.0 Å². The molecule has 0 saturated carbocycles. The number of aromatic nitrogens is 1. The molecule has 3 heteroatoms. The fraction of sp³-hybridized carbons (Fsp3) is 0.121. The van der Waals surface area contributed by atoms with Gasteiger partial charge in [-0.15, -0.1) is 0 Å². The van der Waals surface area contributed by atoms with Gasteiger partial charge >= 0.3 is 0 Å². The van der Waals surface area contributed by atoms with Crippen LogP contribution < -0.4 is 5.32 Å². The second-order valence-electron chi connectivity index (χ2n) is 15.1. The van der Waals surface area contributed by atoms with Gasteiger partial charge in [-0.25, -0.2) is 4.99 Å². The minimum atomic E-state index is -0.334. The number of hydrogen-bond donors (Lipinski definition) is 1. The lowest BCUT2D eigenvalue weighted by Gasteiger charge is -2.29. The van der Waals surface area contributed by atoms with Gasteiger partial charge in [0.2, 0.25) is 6.29 Å². The van der Waals surface area contributed by atoms with Crippen molar-refractivity contribution in [2.45, 2.75) is 46.3 Å². The first-order valence-corrected chi connectivity index (χ1v) is 21.8. The minimum absolute atomic E-state index is 0.334. The second-order valence-corrected chi connectivity index (χ2v) is 15.1. The summed E-state index contributed by atoms with van der Waals surface area (Å²) in [6, 6.07) is 72.6. The Morgan fingerprint density at radius 2 is 1.02 bits per heavy atom. The van der Waals surface area contributed by atoms with Crippen LogP contribution in [0.25, 0.3) is 60.9 Å². The maximum absolute atomic E-state index is 5.34. The van der Waals surface area contributed by atoms with Crippen molar-refractivity contribution >= 4 is 33.2 Å². The molecule has 1 aromatic heterocycles. The lowest BCUT2D eigenvalue weighted by atomic mass is 9.75. The third-order valence-corrected chi connectivity index (χ3v) is 11.8. The van der Waals surface area contributed by atoms with Crippen LogP contribution in [0.15, 0.2) is 211 Å². The van der Waals surface area contributed by atoms with Gasteiger partial charge in [0.15, 0.2) is 0 Å². The Labute approximate surface area is 360 Å². The lowest BCUT2D eigenvalue weighted by molar-refractivity contribution is 0.508. The van der Waals surface area contributed by atoms with Gasteiger partial charge in [0.1, 0.15) is 0 Å². The zero-order valence-corrected chi connectivity index (χ0v) is 35.4. The van der Waals surface area contributed by atoms with E-state index in [2.05, 4.69) is 216 Å². The first-order valence-electron chi connectivity index (χ1n) is 21.8. The summed E-state index contributed by atoms with van der Waals surface area (Å²) in [5, 5.41) is 6.22. The van der Waals surface area contributed by atoms with Crippen molar-refractivity contribution in [1.29, 1.82) is 0 Å². The summed E-state index contributed by atoms with van der Waals surface area (Å²) in [5.74, 6) is 0.349. The third kappa shape index (κ3) is 7.49. The van der Waals surface area contributed by atoms with Crippen LogP contribution in [-0.4, -0.2) is 10.3 Å². The predicted molar refractivity (Wildman–Crippen MR) is 260 cm³/mol. The molecule has 3 nitrogen and oxygen atoms in total. The van der Waals surface area contributed by atoms with Crippen LogP contribution >= 0.6 is 0 Å². The normalized spacial score (nSPS) is 15.1. The molecule has 1 N–H and O–H groups in total. The quantitative estimate of drug-likeness (QED) is 0.179. The van der Waals surface area contributed by atoms with Gasteiger partial charge in [-0.3, -0.25) is 0 Å². The van der Waals surface area contributed by atoms with E-state index >= 15 is 0 Å². The fourth-order valence-corrected chi connectivity index (χ4v) is 9.04. The molecule has 2 atom stereocenters. The van der Waals surface area contributed by atoms with E-state index in [-0.39, 0.29) is 6.29 Å². The zero-order valence-electron chi connectivity index (χ0n) is 35.4. The van der Waals surface area contributed by atoms with Crippen LogP contribution in [0.5, 0.6) is 0 Å². The van der Waals surface area contributed by atoms with Gasteiger partial charge in [-0.1, -0.05) is 204 Å². The highest BCUT2D eigenvalue weighted by molar-refractivity contribution is 6.13. The van der Waals surface area contributed by atoms with Crippen molar-refractivity contribution in [1.82, 2.24) is 9.88 Å². The smallest absolute Gasteiger partial charge is 0.201 e. The Morgan fingerprint density at radius 1 is 0.459 bits per heavy atom. The summed E-state index contributed by atoms with van der Waals surface area (Å²) >= 11 is 0. The van der Waals surface area contributed by atoms with Crippen molar-refractivity contribution in [2.24, 2.45) is 4.99 Å². The first kappa shape index (κ1) is 39.2. The molecule has 1 aliphatic carbocycles. The number of nitrogens with one attached hydrogen (secondary N) is 1. The van der Waals surface area contributed by atoms with E-state index < -0.39 is 0 Å². The zero-order chi connectivity index (χ0) is 41.7. The van der Waals surface area contributed by atoms with Crippen LogP contribution in [0.3, 0.4) is 0 Å². The number of allylic oxidation sites excluding steroid dienone is 1. The topological polar surface area (TPSA) is 29.3 Å². The Balaban J connectivity index is 0.00000116. The maximum atomic E-state index is 5.34. The highest BCUT2D eigenvalue weighted by Crippen LogP contribution is 2.44. The molecule has 61 heavy (non-hydrogen) atoms. The van der Waals surface area contributed by atoms with Crippen molar-refractivity contribution in [3.63, 3.8) is 0 Å². The average Bonchev–Trinajstić information content (AvgIpc) is 3.69. The molecule has 0 spiro atoms. The van der Waals surface area contributed by atoms with Gasteiger partial charge in [0.25, 0.3) is 0 Å². The monoisotopic (exact) mass is 789 g/mol. The Bertz CT molecular complexity index is 2990. The van der Waals surface area contributed by atoms with Gasteiger partial charge in [0.05, 0.1) is 16.7 Å². The molecule has 0 amide bonds. The maximum Gasteiger partial charge on any atom is 0.201 e. The number of nitrogens with zero attached hydrogens (tertiary/aromatic N) is 2. The Morgan fingerprint density at radius 3 is 1.74 bits per heavy atom. The fourth-order valence-electron chi connectivity index (χ4n) is 9.04. The molecule has 2 aliphatic rings. The standard InChI is InChI=1S/C54H39N3.2C2H6/c1-4-14-38(15-5-1)47-34-43-20-10-11-21-44(43)48-32-41(28-30-45(47)48)36-24-26-37(27-25-36)42-29-31-53-49(33-42)46-22-12-13-23-52(46)57(53)54-55-50(39-16-6-2-7-17-39)35-51(56-54)40-18-8-3-9-19-40;2*1-2/h1-33,35,47,54-55H,34H2;2*1-2H3. The minimum Gasteiger partial charge on any atom is -0.346 e. The molecule has 0 saturated heterocycles. The summed E-state index contributed by atoms with van der Waals surface area (Å²) in [4.78, 5) is 5.34. The SMILES string of the molecule is C1=C(c2ccccc2)NC(n2c3ccccc3c3cc(-c4ccc(-c5ccc6c(c5)-c5ccccc5CC6c5ccccc5)cc4)ccc32)N=C1c1ccccc1.CC.CC. The van der Waals surface area contributed by atoms with Crippen LogP contribution in [0.1, 0.15) is 67.7 Å². The summed E-state index contributed by atoms with van der Waals surface area (Å²) in [5.41, 5.74) is 18.3. The van der Waals surface area contributed by atoms with E-state index in [1.165, 1.54) is 60.8 Å². The average molecular weight is 790 g/mol. The van der Waals surface area contributed by atoms with E-state index in [9.17, 15) is 0 Å². The molecule has 0 bridgehead atoms. The molecule has 0 radical (unpaired) electrons. The van der Waals surface area contributed by atoms with Crippen LogP contribution in [0.4, 0.5) is 0 Å². The number of fused-ring (bicyclic) bond motifs is 6. The van der Waals surface area contributed by atoms with Crippen molar-refractivity contribution in [2.75, 3.05) is 0 Å². The van der Waals surface area contributed by atoms with Gasteiger partial charge < -0.3 is 9.88 Å². The Hall–Kier alpha value is -7.23. The van der Waals surface area contributed by atoms with Crippen molar-refractivity contribution in [3.05, 3.63) is 234 Å². The number of rotatable bonds is 6. The largest absolute Gasteiger partial charge is 0.346 e.